The second-order valence-corrected chi connectivity index (χ2v) is 7.83. The topological polar surface area (TPSA) is 32.8 Å². The van der Waals surface area contributed by atoms with E-state index in [1.54, 1.807) is 0 Å². The summed E-state index contributed by atoms with van der Waals surface area (Å²) in [5.74, 6) is 1.09. The molecule has 2 saturated carbocycles. The van der Waals surface area contributed by atoms with Gasteiger partial charge in [-0.25, -0.2) is 0 Å². The van der Waals surface area contributed by atoms with Crippen molar-refractivity contribution in [2.45, 2.75) is 76.3 Å². The number of ether oxygens (including phenoxy) is 1. The van der Waals surface area contributed by atoms with Crippen LogP contribution in [0.3, 0.4) is 0 Å². The van der Waals surface area contributed by atoms with Crippen LogP contribution in [0.25, 0.3) is 0 Å². The molecule has 4 nitrogen and oxygen atoms in total. The number of hydrogen-bond acceptors (Lipinski definition) is 3. The Kier molecular flexibility index (Phi) is 6.35. The zero-order valence-corrected chi connectivity index (χ0v) is 14.8. The van der Waals surface area contributed by atoms with E-state index in [1.807, 2.05) is 11.9 Å². The zero-order chi connectivity index (χ0) is 16.1. The van der Waals surface area contributed by atoms with Crippen molar-refractivity contribution >= 4 is 5.91 Å². The second kappa shape index (κ2) is 8.48. The molecule has 0 aromatic carbocycles. The quantitative estimate of drug-likeness (QED) is 0.797. The number of carbonyl (C=O) groups excluding carboxylic acids is 1. The first kappa shape index (κ1) is 17.2. The van der Waals surface area contributed by atoms with Crippen molar-refractivity contribution in [2.75, 3.05) is 33.4 Å². The zero-order valence-electron chi connectivity index (χ0n) is 14.8. The van der Waals surface area contributed by atoms with E-state index >= 15 is 0 Å². The van der Waals surface area contributed by atoms with Crippen LogP contribution in [0.1, 0.15) is 64.2 Å². The Bertz CT molecular complexity index is 376. The normalized spacial score (nSPS) is 28.7. The largest absolute Gasteiger partial charge is 0.378 e. The van der Waals surface area contributed by atoms with Gasteiger partial charge in [-0.05, 0) is 31.6 Å². The first-order valence-electron chi connectivity index (χ1n) is 9.84. The lowest BCUT2D eigenvalue weighted by Gasteiger charge is -2.41. The molecule has 3 fully saturated rings. The van der Waals surface area contributed by atoms with Crippen molar-refractivity contribution in [1.29, 1.82) is 0 Å². The Morgan fingerprint density at radius 3 is 2.39 bits per heavy atom. The van der Waals surface area contributed by atoms with Crippen LogP contribution in [-0.2, 0) is 9.53 Å². The third-order valence-electron chi connectivity index (χ3n) is 6.21. The molecular formula is C19H34N2O2. The van der Waals surface area contributed by atoms with Crippen LogP contribution in [0.2, 0.25) is 0 Å². The molecular weight excluding hydrogens is 288 g/mol. The number of rotatable bonds is 4. The fourth-order valence-corrected chi connectivity index (χ4v) is 4.67. The summed E-state index contributed by atoms with van der Waals surface area (Å²) in [5, 5.41) is 0. The molecule has 132 valence electrons. The highest BCUT2D eigenvalue weighted by atomic mass is 16.5. The molecule has 3 rings (SSSR count). The SMILES string of the molecule is CN(C(=O)C1COCCN1CC1CCCCC1)C1CCCCC1. The lowest BCUT2D eigenvalue weighted by atomic mass is 9.88. The van der Waals surface area contributed by atoms with Gasteiger partial charge in [-0.3, -0.25) is 9.69 Å². The van der Waals surface area contributed by atoms with Gasteiger partial charge in [0.2, 0.25) is 5.91 Å². The molecule has 4 heteroatoms. The molecule has 0 aromatic heterocycles. The summed E-state index contributed by atoms with van der Waals surface area (Å²) in [5.41, 5.74) is 0. The van der Waals surface area contributed by atoms with Crippen LogP contribution in [-0.4, -0.2) is 61.1 Å². The highest BCUT2D eigenvalue weighted by Crippen LogP contribution is 2.27. The van der Waals surface area contributed by atoms with Crippen LogP contribution < -0.4 is 0 Å². The predicted octanol–water partition coefficient (Wildman–Crippen LogP) is 3.06. The lowest BCUT2D eigenvalue weighted by molar-refractivity contribution is -0.145. The number of nitrogens with zero attached hydrogens (tertiary/aromatic N) is 2. The average molecular weight is 322 g/mol. The van der Waals surface area contributed by atoms with Crippen LogP contribution in [0.4, 0.5) is 0 Å². The van der Waals surface area contributed by atoms with Crippen molar-refractivity contribution in [2.24, 2.45) is 5.92 Å². The van der Waals surface area contributed by atoms with Gasteiger partial charge in [-0.1, -0.05) is 38.5 Å². The van der Waals surface area contributed by atoms with Gasteiger partial charge < -0.3 is 9.64 Å². The van der Waals surface area contributed by atoms with Gasteiger partial charge >= 0.3 is 0 Å². The fourth-order valence-electron chi connectivity index (χ4n) is 4.67. The molecule has 2 aliphatic carbocycles. The number of amides is 1. The average Bonchev–Trinajstić information content (AvgIpc) is 2.62. The lowest BCUT2D eigenvalue weighted by Crippen LogP contribution is -2.56. The van der Waals surface area contributed by atoms with Crippen LogP contribution in [0.15, 0.2) is 0 Å². The molecule has 23 heavy (non-hydrogen) atoms. The minimum Gasteiger partial charge on any atom is -0.378 e. The van der Waals surface area contributed by atoms with E-state index in [0.29, 0.717) is 18.6 Å². The summed E-state index contributed by atoms with van der Waals surface area (Å²) in [7, 11) is 2.02. The van der Waals surface area contributed by atoms with E-state index in [2.05, 4.69) is 4.90 Å². The minimum atomic E-state index is -0.0439. The maximum absolute atomic E-state index is 13.1. The Hall–Kier alpha value is -0.610. The molecule has 1 amide bonds. The van der Waals surface area contributed by atoms with Gasteiger partial charge in [0.05, 0.1) is 13.2 Å². The molecule has 0 radical (unpaired) electrons. The molecule has 1 heterocycles. The molecule has 1 atom stereocenters. The van der Waals surface area contributed by atoms with Crippen molar-refractivity contribution < 1.29 is 9.53 Å². The van der Waals surface area contributed by atoms with E-state index in [-0.39, 0.29) is 6.04 Å². The Morgan fingerprint density at radius 1 is 1.04 bits per heavy atom. The Labute approximate surface area is 141 Å². The van der Waals surface area contributed by atoms with Crippen LogP contribution in [0, 0.1) is 5.92 Å². The number of morpholine rings is 1. The number of hydrogen-bond donors (Lipinski definition) is 0. The standard InChI is InChI=1S/C19H34N2O2/c1-20(17-10-6-3-7-11-17)19(22)18-15-23-13-12-21(18)14-16-8-4-2-5-9-16/h16-18H,2-15H2,1H3. The van der Waals surface area contributed by atoms with E-state index in [4.69, 9.17) is 4.74 Å². The molecule has 0 aromatic rings. The number of likely N-dealkylation sites (N-methyl/N-ethyl adjacent to an activating group) is 1. The van der Waals surface area contributed by atoms with Gasteiger partial charge in [-0.15, -0.1) is 0 Å². The maximum atomic E-state index is 13.1. The first-order valence-corrected chi connectivity index (χ1v) is 9.84. The molecule has 1 unspecified atom stereocenters. The van der Waals surface area contributed by atoms with Crippen molar-refractivity contribution in [3.8, 4) is 0 Å². The highest BCUT2D eigenvalue weighted by Gasteiger charge is 2.35. The summed E-state index contributed by atoms with van der Waals surface area (Å²) in [6.07, 6.45) is 13.1. The third kappa shape index (κ3) is 4.48. The minimum absolute atomic E-state index is 0.0439. The van der Waals surface area contributed by atoms with Crippen molar-refractivity contribution in [3.63, 3.8) is 0 Å². The summed E-state index contributed by atoms with van der Waals surface area (Å²) < 4.78 is 5.67. The highest BCUT2D eigenvalue weighted by molar-refractivity contribution is 5.82. The molecule has 0 spiro atoms. The van der Waals surface area contributed by atoms with Gasteiger partial charge in [-0.2, -0.15) is 0 Å². The molecule has 3 aliphatic rings. The predicted molar refractivity (Wildman–Crippen MR) is 92.4 cm³/mol. The molecule has 0 bridgehead atoms. The van der Waals surface area contributed by atoms with Gasteiger partial charge in [0.25, 0.3) is 0 Å². The molecule has 1 saturated heterocycles. The number of carbonyl (C=O) groups is 1. The third-order valence-corrected chi connectivity index (χ3v) is 6.21. The monoisotopic (exact) mass is 322 g/mol. The maximum Gasteiger partial charge on any atom is 0.242 e. The smallest absolute Gasteiger partial charge is 0.242 e. The van der Waals surface area contributed by atoms with E-state index in [0.717, 1.165) is 25.6 Å². The van der Waals surface area contributed by atoms with Crippen LogP contribution in [0.5, 0.6) is 0 Å². The van der Waals surface area contributed by atoms with E-state index in [9.17, 15) is 4.79 Å². The Balaban J connectivity index is 1.58. The fraction of sp³-hybridized carbons (Fsp3) is 0.947. The first-order chi connectivity index (χ1) is 11.3. The molecule has 0 N–H and O–H groups in total. The van der Waals surface area contributed by atoms with Gasteiger partial charge in [0.15, 0.2) is 0 Å². The second-order valence-electron chi connectivity index (χ2n) is 7.83. The summed E-state index contributed by atoms with van der Waals surface area (Å²) >= 11 is 0. The Morgan fingerprint density at radius 2 is 1.70 bits per heavy atom. The molecule has 1 aliphatic heterocycles. The summed E-state index contributed by atoms with van der Waals surface area (Å²) in [4.78, 5) is 17.5. The van der Waals surface area contributed by atoms with E-state index in [1.165, 1.54) is 64.2 Å². The van der Waals surface area contributed by atoms with E-state index < -0.39 is 0 Å². The van der Waals surface area contributed by atoms with Gasteiger partial charge in [0, 0.05) is 26.2 Å². The van der Waals surface area contributed by atoms with Crippen LogP contribution >= 0.6 is 0 Å². The summed E-state index contributed by atoms with van der Waals surface area (Å²) in [6.45, 7) is 3.38. The summed E-state index contributed by atoms with van der Waals surface area (Å²) in [6, 6.07) is 0.410. The van der Waals surface area contributed by atoms with Crippen molar-refractivity contribution in [1.82, 2.24) is 9.80 Å². The van der Waals surface area contributed by atoms with Gasteiger partial charge in [0.1, 0.15) is 6.04 Å². The van der Waals surface area contributed by atoms with Crippen molar-refractivity contribution in [3.05, 3.63) is 0 Å².